The van der Waals surface area contributed by atoms with E-state index in [9.17, 15) is 4.79 Å². The van der Waals surface area contributed by atoms with Gasteiger partial charge in [-0.05, 0) is 50.6 Å². The van der Waals surface area contributed by atoms with Crippen LogP contribution in [-0.4, -0.2) is 43.0 Å². The first-order valence-corrected chi connectivity index (χ1v) is 7.98. The summed E-state index contributed by atoms with van der Waals surface area (Å²) in [6, 6.07) is 6.13. The average molecular weight is 346 g/mol. The molecule has 0 saturated carbocycles. The van der Waals surface area contributed by atoms with Crippen LogP contribution in [0.5, 0.6) is 0 Å². The molecule has 22 heavy (non-hydrogen) atoms. The minimum atomic E-state index is 0. The van der Waals surface area contributed by atoms with E-state index in [1.54, 1.807) is 0 Å². The summed E-state index contributed by atoms with van der Waals surface area (Å²) in [5.41, 5.74) is 1.77. The molecule has 0 aromatic heterocycles. The second kappa shape index (κ2) is 9.36. The molecule has 6 heteroatoms. The van der Waals surface area contributed by atoms with E-state index < -0.39 is 0 Å². The standard InChI is InChI=1S/C16H24ClN3O.ClH/c1-3-8-20(13-6-7-18-10-13)11-16(21)19-15-5-4-12(2)9-14(15)17;/h4-5,9,13,18H,3,6-8,10-11H2,1-2H3,(H,19,21);1H. The SMILES string of the molecule is CCCN(CC(=O)Nc1ccc(C)cc1Cl)C1CCNC1.Cl. The number of halogens is 2. The van der Waals surface area contributed by atoms with Crippen LogP contribution >= 0.6 is 24.0 Å². The van der Waals surface area contributed by atoms with Crippen LogP contribution in [0.1, 0.15) is 25.3 Å². The number of rotatable bonds is 6. The molecule has 1 aromatic rings. The second-order valence-corrected chi connectivity index (χ2v) is 6.06. The molecular weight excluding hydrogens is 321 g/mol. The lowest BCUT2D eigenvalue weighted by molar-refractivity contribution is -0.117. The van der Waals surface area contributed by atoms with Crippen molar-refractivity contribution in [3.63, 3.8) is 0 Å². The minimum absolute atomic E-state index is 0. The van der Waals surface area contributed by atoms with Crippen molar-refractivity contribution in [3.8, 4) is 0 Å². The van der Waals surface area contributed by atoms with Crippen molar-refractivity contribution < 1.29 is 4.79 Å². The van der Waals surface area contributed by atoms with E-state index in [0.29, 0.717) is 23.3 Å². The van der Waals surface area contributed by atoms with Crippen LogP contribution in [-0.2, 0) is 4.79 Å². The van der Waals surface area contributed by atoms with Crippen LogP contribution in [0.2, 0.25) is 5.02 Å². The Balaban J connectivity index is 0.00000242. The van der Waals surface area contributed by atoms with Crippen molar-refractivity contribution in [2.75, 3.05) is 31.5 Å². The molecular formula is C16H25Cl2N3O. The maximum atomic E-state index is 12.3. The van der Waals surface area contributed by atoms with Crippen LogP contribution in [0.15, 0.2) is 18.2 Å². The van der Waals surface area contributed by atoms with E-state index >= 15 is 0 Å². The first-order valence-electron chi connectivity index (χ1n) is 7.61. The third kappa shape index (κ3) is 5.43. The average Bonchev–Trinajstić information content (AvgIpc) is 2.95. The molecule has 1 amide bonds. The van der Waals surface area contributed by atoms with Gasteiger partial charge in [0.25, 0.3) is 0 Å². The Morgan fingerprint density at radius 3 is 2.86 bits per heavy atom. The van der Waals surface area contributed by atoms with Crippen molar-refractivity contribution in [1.29, 1.82) is 0 Å². The zero-order chi connectivity index (χ0) is 15.2. The van der Waals surface area contributed by atoms with Gasteiger partial charge in [0, 0.05) is 12.6 Å². The summed E-state index contributed by atoms with van der Waals surface area (Å²) in [4.78, 5) is 14.5. The van der Waals surface area contributed by atoms with E-state index in [0.717, 1.165) is 38.0 Å². The molecule has 1 fully saturated rings. The molecule has 1 unspecified atom stereocenters. The highest BCUT2D eigenvalue weighted by Crippen LogP contribution is 2.22. The van der Waals surface area contributed by atoms with Crippen molar-refractivity contribution in [2.45, 2.75) is 32.7 Å². The number of benzene rings is 1. The molecule has 1 saturated heterocycles. The van der Waals surface area contributed by atoms with Gasteiger partial charge in [0.15, 0.2) is 0 Å². The number of nitrogens with one attached hydrogen (secondary N) is 2. The van der Waals surface area contributed by atoms with E-state index in [4.69, 9.17) is 11.6 Å². The monoisotopic (exact) mass is 345 g/mol. The molecule has 0 spiro atoms. The van der Waals surface area contributed by atoms with Crippen molar-refractivity contribution in [2.24, 2.45) is 0 Å². The number of amides is 1. The highest BCUT2D eigenvalue weighted by atomic mass is 35.5. The number of aryl methyl sites for hydroxylation is 1. The predicted molar refractivity (Wildman–Crippen MR) is 95.2 cm³/mol. The van der Waals surface area contributed by atoms with Crippen molar-refractivity contribution >= 4 is 35.6 Å². The normalized spacial score (nSPS) is 17.4. The van der Waals surface area contributed by atoms with Crippen LogP contribution in [0, 0.1) is 6.92 Å². The Morgan fingerprint density at radius 2 is 2.27 bits per heavy atom. The molecule has 1 atom stereocenters. The largest absolute Gasteiger partial charge is 0.324 e. The molecule has 1 aliphatic rings. The smallest absolute Gasteiger partial charge is 0.238 e. The Morgan fingerprint density at radius 1 is 1.50 bits per heavy atom. The minimum Gasteiger partial charge on any atom is -0.324 e. The molecule has 4 nitrogen and oxygen atoms in total. The molecule has 124 valence electrons. The predicted octanol–water partition coefficient (Wildman–Crippen LogP) is 3.08. The Labute approximate surface area is 144 Å². The number of anilines is 1. The van der Waals surface area contributed by atoms with Gasteiger partial charge in [-0.3, -0.25) is 9.69 Å². The van der Waals surface area contributed by atoms with Gasteiger partial charge in [0.2, 0.25) is 5.91 Å². The summed E-state index contributed by atoms with van der Waals surface area (Å²) in [5, 5.41) is 6.86. The first-order chi connectivity index (χ1) is 10.1. The molecule has 0 bridgehead atoms. The summed E-state index contributed by atoms with van der Waals surface area (Å²) in [5.74, 6) is 0.00102. The van der Waals surface area contributed by atoms with E-state index in [2.05, 4.69) is 22.5 Å². The third-order valence-corrected chi connectivity index (χ3v) is 4.12. The fourth-order valence-electron chi connectivity index (χ4n) is 2.72. The quantitative estimate of drug-likeness (QED) is 0.832. The highest BCUT2D eigenvalue weighted by molar-refractivity contribution is 6.33. The maximum Gasteiger partial charge on any atom is 0.238 e. The van der Waals surface area contributed by atoms with E-state index in [1.807, 2.05) is 25.1 Å². The van der Waals surface area contributed by atoms with Gasteiger partial charge >= 0.3 is 0 Å². The molecule has 1 aliphatic heterocycles. The summed E-state index contributed by atoms with van der Waals surface area (Å²) in [7, 11) is 0. The van der Waals surface area contributed by atoms with Gasteiger partial charge < -0.3 is 10.6 Å². The molecule has 0 radical (unpaired) electrons. The molecule has 2 N–H and O–H groups in total. The summed E-state index contributed by atoms with van der Waals surface area (Å²) in [6.45, 7) is 7.50. The zero-order valence-electron chi connectivity index (χ0n) is 13.2. The Hall–Kier alpha value is -0.810. The Kier molecular flexibility index (Phi) is 8.18. The zero-order valence-corrected chi connectivity index (χ0v) is 14.8. The number of carbonyl (C=O) groups excluding carboxylic acids is 1. The summed E-state index contributed by atoms with van der Waals surface area (Å²) >= 11 is 6.16. The van der Waals surface area contributed by atoms with Crippen LogP contribution in [0.25, 0.3) is 0 Å². The van der Waals surface area contributed by atoms with Gasteiger partial charge in [-0.2, -0.15) is 0 Å². The molecule has 1 heterocycles. The molecule has 0 aliphatic carbocycles. The summed E-state index contributed by atoms with van der Waals surface area (Å²) in [6.07, 6.45) is 2.16. The Bertz CT molecular complexity index is 490. The maximum absolute atomic E-state index is 12.3. The third-order valence-electron chi connectivity index (χ3n) is 3.81. The fraction of sp³-hybridized carbons (Fsp3) is 0.562. The number of nitrogens with zero attached hydrogens (tertiary/aromatic N) is 1. The lowest BCUT2D eigenvalue weighted by Crippen LogP contribution is -2.42. The molecule has 1 aromatic carbocycles. The van der Waals surface area contributed by atoms with Gasteiger partial charge in [0.05, 0.1) is 17.3 Å². The van der Waals surface area contributed by atoms with Gasteiger partial charge in [-0.1, -0.05) is 24.6 Å². The van der Waals surface area contributed by atoms with Crippen molar-refractivity contribution in [3.05, 3.63) is 28.8 Å². The lowest BCUT2D eigenvalue weighted by atomic mass is 10.2. The van der Waals surface area contributed by atoms with E-state index in [-0.39, 0.29) is 18.3 Å². The number of hydrogen-bond donors (Lipinski definition) is 2. The highest BCUT2D eigenvalue weighted by Gasteiger charge is 2.23. The van der Waals surface area contributed by atoms with Crippen LogP contribution in [0.3, 0.4) is 0 Å². The van der Waals surface area contributed by atoms with Crippen LogP contribution in [0.4, 0.5) is 5.69 Å². The number of hydrogen-bond acceptors (Lipinski definition) is 3. The van der Waals surface area contributed by atoms with Gasteiger partial charge in [-0.25, -0.2) is 0 Å². The topological polar surface area (TPSA) is 44.4 Å². The van der Waals surface area contributed by atoms with Gasteiger partial charge in [-0.15, -0.1) is 12.4 Å². The molecule has 2 rings (SSSR count). The number of carbonyl (C=O) groups is 1. The fourth-order valence-corrected chi connectivity index (χ4v) is 3.01. The van der Waals surface area contributed by atoms with Gasteiger partial charge in [0.1, 0.15) is 0 Å². The lowest BCUT2D eigenvalue weighted by Gasteiger charge is -2.27. The summed E-state index contributed by atoms with van der Waals surface area (Å²) < 4.78 is 0. The van der Waals surface area contributed by atoms with E-state index in [1.165, 1.54) is 0 Å². The first kappa shape index (κ1) is 19.2. The van der Waals surface area contributed by atoms with Crippen molar-refractivity contribution in [1.82, 2.24) is 10.2 Å². The van der Waals surface area contributed by atoms with Crippen LogP contribution < -0.4 is 10.6 Å². The second-order valence-electron chi connectivity index (χ2n) is 5.65.